The van der Waals surface area contributed by atoms with Crippen LogP contribution in [-0.2, 0) is 6.42 Å². The molecule has 0 radical (unpaired) electrons. The minimum Gasteiger partial charge on any atom is -0.493 e. The van der Waals surface area contributed by atoms with E-state index in [-0.39, 0.29) is 6.61 Å². The van der Waals surface area contributed by atoms with E-state index in [2.05, 4.69) is 13.8 Å². The highest BCUT2D eigenvalue weighted by molar-refractivity contribution is 6.33. The van der Waals surface area contributed by atoms with Gasteiger partial charge in [-0.15, -0.1) is 0 Å². The second-order valence-electron chi connectivity index (χ2n) is 4.48. The summed E-state index contributed by atoms with van der Waals surface area (Å²) in [6, 6.07) is 1.95. The summed E-state index contributed by atoms with van der Waals surface area (Å²) in [7, 11) is 3.18. The molecule has 3 nitrogen and oxygen atoms in total. The molecule has 0 bridgehead atoms. The van der Waals surface area contributed by atoms with E-state index < -0.39 is 0 Å². The topological polar surface area (TPSA) is 38.7 Å². The number of aryl methyl sites for hydroxylation is 1. The average molecular weight is 273 g/mol. The van der Waals surface area contributed by atoms with E-state index in [1.54, 1.807) is 14.2 Å². The standard InChI is InChI=1S/C14H21ClO3/c1-9(2)12-10(6-5-7-16)8-11(17-3)14(18-4)13(12)15/h8-9,16H,5-7H2,1-4H3. The normalized spacial score (nSPS) is 10.8. The molecule has 0 spiro atoms. The fraction of sp³-hybridized carbons (Fsp3) is 0.571. The van der Waals surface area contributed by atoms with Gasteiger partial charge < -0.3 is 14.6 Å². The van der Waals surface area contributed by atoms with Crippen LogP contribution < -0.4 is 9.47 Å². The predicted molar refractivity (Wildman–Crippen MR) is 74.1 cm³/mol. The molecule has 1 rings (SSSR count). The Morgan fingerprint density at radius 1 is 1.28 bits per heavy atom. The molecular weight excluding hydrogens is 252 g/mol. The lowest BCUT2D eigenvalue weighted by Gasteiger charge is -2.19. The molecule has 4 heteroatoms. The van der Waals surface area contributed by atoms with E-state index in [9.17, 15) is 0 Å². The van der Waals surface area contributed by atoms with Gasteiger partial charge in [0.2, 0.25) is 0 Å². The van der Waals surface area contributed by atoms with Gasteiger partial charge in [0, 0.05) is 6.61 Å². The van der Waals surface area contributed by atoms with Crippen LogP contribution in [0.15, 0.2) is 6.07 Å². The molecule has 0 saturated heterocycles. The van der Waals surface area contributed by atoms with Crippen LogP contribution >= 0.6 is 11.6 Å². The Morgan fingerprint density at radius 3 is 2.39 bits per heavy atom. The van der Waals surface area contributed by atoms with Crippen molar-refractivity contribution in [3.05, 3.63) is 22.2 Å². The first-order valence-electron chi connectivity index (χ1n) is 6.10. The van der Waals surface area contributed by atoms with Crippen molar-refractivity contribution in [3.63, 3.8) is 0 Å². The highest BCUT2D eigenvalue weighted by Gasteiger charge is 2.19. The zero-order valence-corrected chi connectivity index (χ0v) is 12.2. The lowest BCUT2D eigenvalue weighted by atomic mass is 9.93. The molecule has 0 aliphatic rings. The Kier molecular flexibility index (Phi) is 5.76. The quantitative estimate of drug-likeness (QED) is 0.863. The van der Waals surface area contributed by atoms with Crippen LogP contribution in [0.1, 0.15) is 37.3 Å². The molecule has 1 aromatic carbocycles. The first kappa shape index (κ1) is 15.1. The minimum atomic E-state index is 0.170. The summed E-state index contributed by atoms with van der Waals surface area (Å²) >= 11 is 6.40. The van der Waals surface area contributed by atoms with Crippen molar-refractivity contribution < 1.29 is 14.6 Å². The fourth-order valence-corrected chi connectivity index (χ4v) is 2.63. The molecule has 0 heterocycles. The summed E-state index contributed by atoms with van der Waals surface area (Å²) in [5.41, 5.74) is 2.18. The molecule has 0 atom stereocenters. The zero-order chi connectivity index (χ0) is 13.7. The Morgan fingerprint density at radius 2 is 1.94 bits per heavy atom. The highest BCUT2D eigenvalue weighted by atomic mass is 35.5. The maximum absolute atomic E-state index is 8.96. The van der Waals surface area contributed by atoms with Crippen molar-refractivity contribution >= 4 is 11.6 Å². The number of hydrogen-bond acceptors (Lipinski definition) is 3. The lowest BCUT2D eigenvalue weighted by Crippen LogP contribution is -2.03. The van der Waals surface area contributed by atoms with Crippen LogP contribution in [0.25, 0.3) is 0 Å². The van der Waals surface area contributed by atoms with Gasteiger partial charge >= 0.3 is 0 Å². The minimum absolute atomic E-state index is 0.170. The number of methoxy groups -OCH3 is 2. The Hall–Kier alpha value is -0.930. The van der Waals surface area contributed by atoms with Crippen LogP contribution in [0.3, 0.4) is 0 Å². The highest BCUT2D eigenvalue weighted by Crippen LogP contribution is 2.42. The molecule has 18 heavy (non-hydrogen) atoms. The summed E-state index contributed by atoms with van der Waals surface area (Å²) in [4.78, 5) is 0. The summed E-state index contributed by atoms with van der Waals surface area (Å²) < 4.78 is 10.6. The Labute approximate surface area is 114 Å². The molecule has 0 fully saturated rings. The molecule has 0 saturated carbocycles. The molecule has 0 amide bonds. The zero-order valence-electron chi connectivity index (χ0n) is 11.4. The third-order valence-corrected chi connectivity index (χ3v) is 3.29. The van der Waals surface area contributed by atoms with E-state index >= 15 is 0 Å². The number of aliphatic hydroxyl groups is 1. The largest absolute Gasteiger partial charge is 0.493 e. The van der Waals surface area contributed by atoms with E-state index in [0.717, 1.165) is 17.5 Å². The van der Waals surface area contributed by atoms with Gasteiger partial charge in [-0.2, -0.15) is 0 Å². The predicted octanol–water partition coefficient (Wildman–Crippen LogP) is 3.41. The molecular formula is C14H21ClO3. The number of hydrogen-bond donors (Lipinski definition) is 1. The van der Waals surface area contributed by atoms with E-state index in [0.29, 0.717) is 28.9 Å². The molecule has 0 unspecified atom stereocenters. The lowest BCUT2D eigenvalue weighted by molar-refractivity contribution is 0.288. The van der Waals surface area contributed by atoms with E-state index in [1.807, 2.05) is 6.07 Å². The molecule has 0 aliphatic carbocycles. The molecule has 1 N–H and O–H groups in total. The number of aliphatic hydroxyl groups excluding tert-OH is 1. The van der Waals surface area contributed by atoms with Crippen molar-refractivity contribution in [2.75, 3.05) is 20.8 Å². The van der Waals surface area contributed by atoms with Crippen molar-refractivity contribution in [1.82, 2.24) is 0 Å². The maximum Gasteiger partial charge on any atom is 0.179 e. The van der Waals surface area contributed by atoms with Gasteiger partial charge in [0.25, 0.3) is 0 Å². The number of benzene rings is 1. The van der Waals surface area contributed by atoms with Gasteiger partial charge in [-0.1, -0.05) is 25.4 Å². The van der Waals surface area contributed by atoms with Crippen LogP contribution in [-0.4, -0.2) is 25.9 Å². The third kappa shape index (κ3) is 3.09. The summed E-state index contributed by atoms with van der Waals surface area (Å²) in [6.07, 6.45) is 1.50. The van der Waals surface area contributed by atoms with Crippen LogP contribution in [0.4, 0.5) is 0 Å². The van der Waals surface area contributed by atoms with Crippen LogP contribution in [0.2, 0.25) is 5.02 Å². The monoisotopic (exact) mass is 272 g/mol. The first-order chi connectivity index (χ1) is 8.56. The smallest absolute Gasteiger partial charge is 0.179 e. The number of ether oxygens (including phenoxy) is 2. The number of rotatable bonds is 6. The maximum atomic E-state index is 8.96. The summed E-state index contributed by atoms with van der Waals surface area (Å²) in [5, 5.41) is 9.58. The van der Waals surface area contributed by atoms with Crippen LogP contribution in [0.5, 0.6) is 11.5 Å². The fourth-order valence-electron chi connectivity index (χ4n) is 2.12. The van der Waals surface area contributed by atoms with Crippen LogP contribution in [0, 0.1) is 0 Å². The Balaban J connectivity index is 3.34. The van der Waals surface area contributed by atoms with Crippen molar-refractivity contribution in [3.8, 4) is 11.5 Å². The van der Waals surface area contributed by atoms with Crippen molar-refractivity contribution in [2.24, 2.45) is 0 Å². The Bertz CT molecular complexity index is 403. The van der Waals surface area contributed by atoms with Gasteiger partial charge in [0.15, 0.2) is 11.5 Å². The second-order valence-corrected chi connectivity index (χ2v) is 4.86. The number of halogens is 1. The third-order valence-electron chi connectivity index (χ3n) is 2.92. The first-order valence-corrected chi connectivity index (χ1v) is 6.48. The molecule has 102 valence electrons. The SMILES string of the molecule is COc1cc(CCCO)c(C(C)C)c(Cl)c1OC. The van der Waals surface area contributed by atoms with Crippen molar-refractivity contribution in [2.45, 2.75) is 32.6 Å². The van der Waals surface area contributed by atoms with Gasteiger partial charge in [0.1, 0.15) is 0 Å². The molecule has 0 aliphatic heterocycles. The van der Waals surface area contributed by atoms with E-state index in [1.165, 1.54) is 0 Å². The van der Waals surface area contributed by atoms with Gasteiger partial charge in [-0.3, -0.25) is 0 Å². The summed E-state index contributed by atoms with van der Waals surface area (Å²) in [5.74, 6) is 1.52. The van der Waals surface area contributed by atoms with E-state index in [4.69, 9.17) is 26.2 Å². The summed E-state index contributed by atoms with van der Waals surface area (Å²) in [6.45, 7) is 4.36. The van der Waals surface area contributed by atoms with Gasteiger partial charge in [0.05, 0.1) is 19.2 Å². The average Bonchev–Trinajstić information content (AvgIpc) is 2.34. The molecule has 0 aromatic heterocycles. The van der Waals surface area contributed by atoms with Gasteiger partial charge in [-0.05, 0) is 36.0 Å². The van der Waals surface area contributed by atoms with Gasteiger partial charge in [-0.25, -0.2) is 0 Å². The molecule has 1 aromatic rings. The second kappa shape index (κ2) is 6.86. The van der Waals surface area contributed by atoms with Crippen molar-refractivity contribution in [1.29, 1.82) is 0 Å².